The summed E-state index contributed by atoms with van der Waals surface area (Å²) in [6.45, 7) is -0.214. The first-order chi connectivity index (χ1) is 17.5. The molecule has 0 aliphatic carbocycles. The number of aromatic nitrogens is 1. The summed E-state index contributed by atoms with van der Waals surface area (Å²) in [6.07, 6.45) is 2.38. The van der Waals surface area contributed by atoms with Crippen LogP contribution >= 0.6 is 0 Å². The lowest BCUT2D eigenvalue weighted by atomic mass is 9.97. The molecule has 0 fully saturated rings. The van der Waals surface area contributed by atoms with E-state index in [1.807, 2.05) is 36.5 Å². The van der Waals surface area contributed by atoms with Crippen LogP contribution in [0.1, 0.15) is 15.9 Å². The fourth-order valence-electron chi connectivity index (χ4n) is 4.32. The number of carbonyl (C=O) groups excluding carboxylic acids is 1. The minimum atomic E-state index is -0.490. The topological polar surface area (TPSA) is 102 Å². The van der Waals surface area contributed by atoms with Gasteiger partial charge in [-0.3, -0.25) is 4.79 Å². The molecule has 0 aliphatic heterocycles. The summed E-state index contributed by atoms with van der Waals surface area (Å²) in [7, 11) is 6.16. The molecule has 8 nitrogen and oxygen atoms in total. The molecule has 4 rings (SSSR count). The number of nitrogens with one attached hydrogen (secondary N) is 2. The zero-order chi connectivity index (χ0) is 25.7. The number of hydrogen-bond acceptors (Lipinski definition) is 6. The van der Waals surface area contributed by atoms with Gasteiger partial charge in [-0.15, -0.1) is 0 Å². The van der Waals surface area contributed by atoms with Crippen LogP contribution in [0.3, 0.4) is 0 Å². The first-order valence-electron chi connectivity index (χ1n) is 11.5. The van der Waals surface area contributed by atoms with Gasteiger partial charge in [-0.1, -0.05) is 18.2 Å². The van der Waals surface area contributed by atoms with Gasteiger partial charge in [0.15, 0.2) is 11.5 Å². The van der Waals surface area contributed by atoms with Gasteiger partial charge >= 0.3 is 0 Å². The molecule has 36 heavy (non-hydrogen) atoms. The van der Waals surface area contributed by atoms with Crippen LogP contribution in [-0.4, -0.2) is 57.1 Å². The Balaban J connectivity index is 1.68. The number of fused-ring (bicyclic) bond motifs is 1. The molecule has 3 aromatic carbocycles. The summed E-state index contributed by atoms with van der Waals surface area (Å²) in [4.78, 5) is 16.8. The van der Waals surface area contributed by atoms with Crippen molar-refractivity contribution in [3.63, 3.8) is 0 Å². The van der Waals surface area contributed by atoms with E-state index in [4.69, 9.17) is 18.9 Å². The maximum Gasteiger partial charge on any atom is 0.252 e. The second kappa shape index (κ2) is 11.0. The van der Waals surface area contributed by atoms with Gasteiger partial charge in [-0.25, -0.2) is 0 Å². The molecule has 0 spiro atoms. The smallest absolute Gasteiger partial charge is 0.252 e. The maximum atomic E-state index is 13.5. The number of methoxy groups -OCH3 is 4. The number of aromatic amines is 1. The number of rotatable bonds is 10. The Labute approximate surface area is 209 Å². The summed E-state index contributed by atoms with van der Waals surface area (Å²) >= 11 is 0. The summed E-state index contributed by atoms with van der Waals surface area (Å²) in [5, 5.41) is 14.1. The van der Waals surface area contributed by atoms with Crippen molar-refractivity contribution < 1.29 is 28.8 Å². The molecule has 0 unspecified atom stereocenters. The Hall–Kier alpha value is -4.17. The number of aliphatic hydroxyl groups excluding tert-OH is 1. The molecule has 0 bridgehead atoms. The van der Waals surface area contributed by atoms with E-state index in [9.17, 15) is 9.90 Å². The molecule has 8 heteroatoms. The van der Waals surface area contributed by atoms with Crippen LogP contribution in [0.5, 0.6) is 23.0 Å². The van der Waals surface area contributed by atoms with Gasteiger partial charge in [0, 0.05) is 17.1 Å². The second-order valence-electron chi connectivity index (χ2n) is 8.24. The van der Waals surface area contributed by atoms with Crippen molar-refractivity contribution in [3.8, 4) is 34.1 Å². The van der Waals surface area contributed by atoms with Gasteiger partial charge in [0.2, 0.25) is 5.75 Å². The molecule has 1 amide bonds. The normalized spacial score (nSPS) is 11.7. The largest absolute Gasteiger partial charge is 0.497 e. The molecule has 4 aromatic rings. The van der Waals surface area contributed by atoms with Crippen LogP contribution < -0.4 is 24.3 Å². The van der Waals surface area contributed by atoms with E-state index >= 15 is 0 Å². The first kappa shape index (κ1) is 24.9. The number of para-hydroxylation sites is 1. The Kier molecular flexibility index (Phi) is 7.65. The van der Waals surface area contributed by atoms with Crippen molar-refractivity contribution in [2.24, 2.45) is 0 Å². The van der Waals surface area contributed by atoms with E-state index in [1.54, 1.807) is 45.6 Å². The highest BCUT2D eigenvalue weighted by atomic mass is 16.5. The highest BCUT2D eigenvalue weighted by Crippen LogP contribution is 2.42. The van der Waals surface area contributed by atoms with Gasteiger partial charge < -0.3 is 34.4 Å². The first-order valence-corrected chi connectivity index (χ1v) is 11.5. The minimum Gasteiger partial charge on any atom is -0.497 e. The van der Waals surface area contributed by atoms with Gasteiger partial charge in [0.1, 0.15) is 5.75 Å². The Morgan fingerprint density at radius 2 is 1.67 bits per heavy atom. The maximum absolute atomic E-state index is 13.5. The molecular formula is C28H30N2O6. The lowest BCUT2D eigenvalue weighted by Gasteiger charge is -2.19. The molecule has 1 atom stereocenters. The predicted molar refractivity (Wildman–Crippen MR) is 138 cm³/mol. The van der Waals surface area contributed by atoms with Crippen LogP contribution in [0.25, 0.3) is 22.0 Å². The van der Waals surface area contributed by atoms with Crippen molar-refractivity contribution in [2.75, 3.05) is 35.0 Å². The van der Waals surface area contributed by atoms with Crippen molar-refractivity contribution in [1.82, 2.24) is 10.3 Å². The van der Waals surface area contributed by atoms with E-state index in [-0.39, 0.29) is 12.5 Å². The van der Waals surface area contributed by atoms with Crippen molar-refractivity contribution in [2.45, 2.75) is 12.5 Å². The number of hydrogen-bond donors (Lipinski definition) is 3. The van der Waals surface area contributed by atoms with E-state index in [0.29, 0.717) is 46.1 Å². The highest BCUT2D eigenvalue weighted by molar-refractivity contribution is 6.02. The average Bonchev–Trinajstić information content (AvgIpc) is 3.33. The van der Waals surface area contributed by atoms with Gasteiger partial charge in [0.05, 0.1) is 46.7 Å². The molecule has 1 heterocycles. The van der Waals surface area contributed by atoms with Crippen LogP contribution in [0.2, 0.25) is 0 Å². The summed E-state index contributed by atoms with van der Waals surface area (Å²) in [5.74, 6) is 1.61. The Morgan fingerprint density at radius 1 is 0.944 bits per heavy atom. The monoisotopic (exact) mass is 490 g/mol. The highest BCUT2D eigenvalue weighted by Gasteiger charge is 2.22. The van der Waals surface area contributed by atoms with Crippen LogP contribution in [0.15, 0.2) is 60.8 Å². The second-order valence-corrected chi connectivity index (χ2v) is 8.24. The van der Waals surface area contributed by atoms with E-state index in [2.05, 4.69) is 10.3 Å². The summed E-state index contributed by atoms with van der Waals surface area (Å²) in [5.41, 5.74) is 3.76. The zero-order valence-electron chi connectivity index (χ0n) is 20.8. The SMILES string of the molecule is COc1ccc(-c2cc(OC)c(OC)c(OC)c2)c(C(=O)N[C@@H](CO)Cc2c[nH]c3ccccc23)c1. The molecule has 3 N–H and O–H groups in total. The van der Waals surface area contributed by atoms with Crippen molar-refractivity contribution >= 4 is 16.8 Å². The number of benzene rings is 3. The van der Waals surface area contributed by atoms with Gasteiger partial charge in [-0.2, -0.15) is 0 Å². The van der Waals surface area contributed by atoms with E-state index < -0.39 is 6.04 Å². The fraction of sp³-hybridized carbons (Fsp3) is 0.250. The average molecular weight is 491 g/mol. The Morgan fingerprint density at radius 3 is 2.31 bits per heavy atom. The molecule has 0 saturated carbocycles. The van der Waals surface area contributed by atoms with Crippen molar-refractivity contribution in [1.29, 1.82) is 0 Å². The van der Waals surface area contributed by atoms with Crippen LogP contribution in [-0.2, 0) is 6.42 Å². The molecule has 0 aliphatic rings. The Bertz CT molecular complexity index is 1340. The third-order valence-electron chi connectivity index (χ3n) is 6.14. The third kappa shape index (κ3) is 4.94. The molecular weight excluding hydrogens is 460 g/mol. The van der Waals surface area contributed by atoms with Crippen molar-refractivity contribution in [3.05, 3.63) is 71.9 Å². The lowest BCUT2D eigenvalue weighted by molar-refractivity contribution is 0.0917. The number of aliphatic hydroxyl groups is 1. The van der Waals surface area contributed by atoms with E-state index in [0.717, 1.165) is 16.5 Å². The van der Waals surface area contributed by atoms with E-state index in [1.165, 1.54) is 7.11 Å². The molecule has 0 saturated heterocycles. The molecule has 1 aromatic heterocycles. The number of H-pyrrole nitrogens is 1. The predicted octanol–water partition coefficient (Wildman–Crippen LogP) is 4.20. The quantitative estimate of drug-likeness (QED) is 0.308. The van der Waals surface area contributed by atoms with Crippen LogP contribution in [0.4, 0.5) is 0 Å². The third-order valence-corrected chi connectivity index (χ3v) is 6.14. The number of ether oxygens (including phenoxy) is 4. The molecule has 188 valence electrons. The lowest BCUT2D eigenvalue weighted by Crippen LogP contribution is -2.39. The summed E-state index contributed by atoms with van der Waals surface area (Å²) in [6, 6.07) is 16.3. The zero-order valence-corrected chi connectivity index (χ0v) is 20.8. The van der Waals surface area contributed by atoms with Gasteiger partial charge in [-0.05, 0) is 59.5 Å². The fourth-order valence-corrected chi connectivity index (χ4v) is 4.32. The standard InChI is InChI=1S/C28H30N2O6/c1-33-20-9-10-21(17-12-25(34-2)27(36-4)26(13-17)35-3)23(14-20)28(32)30-19(16-31)11-18-15-29-24-8-6-5-7-22(18)24/h5-10,12-15,19,29,31H,11,16H2,1-4H3,(H,30,32)/t19-/m1/s1. The molecule has 0 radical (unpaired) electrons. The van der Waals surface area contributed by atoms with Crippen LogP contribution in [0, 0.1) is 0 Å². The number of carbonyl (C=O) groups is 1. The summed E-state index contributed by atoms with van der Waals surface area (Å²) < 4.78 is 21.8. The minimum absolute atomic E-state index is 0.214. The number of amides is 1. The van der Waals surface area contributed by atoms with Gasteiger partial charge in [0.25, 0.3) is 5.91 Å².